The molecule has 0 aliphatic heterocycles. The molecule has 3 aromatic rings. The van der Waals surface area contributed by atoms with Gasteiger partial charge in [0.2, 0.25) is 0 Å². The van der Waals surface area contributed by atoms with Crippen LogP contribution in [0, 0.1) is 0 Å². The lowest BCUT2D eigenvalue weighted by molar-refractivity contribution is -0.150. The van der Waals surface area contributed by atoms with E-state index in [0.717, 1.165) is 16.0 Å². The SMILES string of the molecule is CC(=O)O[C@H](C)C(=O)Nc1nc2n[nH]c(-c3ccccc3)c2s1. The average molecular weight is 330 g/mol. The molecule has 8 heteroatoms. The Kier molecular flexibility index (Phi) is 4.07. The quantitative estimate of drug-likeness (QED) is 0.717. The number of aromatic amines is 1. The highest BCUT2D eigenvalue weighted by atomic mass is 32.1. The summed E-state index contributed by atoms with van der Waals surface area (Å²) < 4.78 is 5.69. The molecule has 7 nitrogen and oxygen atoms in total. The molecule has 23 heavy (non-hydrogen) atoms. The number of nitrogens with one attached hydrogen (secondary N) is 2. The van der Waals surface area contributed by atoms with Crippen molar-refractivity contribution in [1.82, 2.24) is 15.2 Å². The molecule has 0 saturated heterocycles. The normalized spacial score (nSPS) is 12.1. The second-order valence-electron chi connectivity index (χ2n) is 4.88. The molecule has 0 spiro atoms. The number of benzene rings is 1. The number of fused-ring (bicyclic) bond motifs is 1. The number of carbonyl (C=O) groups excluding carboxylic acids is 2. The summed E-state index contributed by atoms with van der Waals surface area (Å²) in [7, 11) is 0. The minimum absolute atomic E-state index is 0.415. The number of anilines is 1. The summed E-state index contributed by atoms with van der Waals surface area (Å²) in [6, 6.07) is 9.74. The zero-order chi connectivity index (χ0) is 16.4. The average Bonchev–Trinajstić information content (AvgIpc) is 3.07. The fourth-order valence-electron chi connectivity index (χ4n) is 2.07. The number of aromatic nitrogens is 3. The third-order valence-corrected chi connectivity index (χ3v) is 4.09. The summed E-state index contributed by atoms with van der Waals surface area (Å²) in [5, 5.41) is 10.2. The van der Waals surface area contributed by atoms with Gasteiger partial charge in [0.15, 0.2) is 16.9 Å². The number of thiazole rings is 1. The maximum absolute atomic E-state index is 12.0. The van der Waals surface area contributed by atoms with E-state index in [-0.39, 0.29) is 0 Å². The van der Waals surface area contributed by atoms with E-state index in [1.165, 1.54) is 25.2 Å². The third kappa shape index (κ3) is 3.21. The Bertz CT molecular complexity index is 856. The number of ether oxygens (including phenoxy) is 1. The highest BCUT2D eigenvalue weighted by Crippen LogP contribution is 2.33. The molecule has 1 atom stereocenters. The molecule has 0 aliphatic carbocycles. The second kappa shape index (κ2) is 6.17. The van der Waals surface area contributed by atoms with Crippen molar-refractivity contribution in [2.45, 2.75) is 20.0 Å². The van der Waals surface area contributed by atoms with Crippen LogP contribution in [0.3, 0.4) is 0 Å². The van der Waals surface area contributed by atoms with Gasteiger partial charge < -0.3 is 4.74 Å². The van der Waals surface area contributed by atoms with E-state index in [1.54, 1.807) is 0 Å². The van der Waals surface area contributed by atoms with Gasteiger partial charge in [-0.3, -0.25) is 20.0 Å². The molecule has 2 aromatic heterocycles. The Labute approximate surface area is 135 Å². The lowest BCUT2D eigenvalue weighted by Crippen LogP contribution is -2.29. The van der Waals surface area contributed by atoms with Crippen molar-refractivity contribution < 1.29 is 14.3 Å². The van der Waals surface area contributed by atoms with Crippen LogP contribution in [0.5, 0.6) is 0 Å². The van der Waals surface area contributed by atoms with Gasteiger partial charge in [-0.1, -0.05) is 41.7 Å². The second-order valence-corrected chi connectivity index (χ2v) is 5.88. The number of esters is 1. The van der Waals surface area contributed by atoms with E-state index in [2.05, 4.69) is 20.5 Å². The van der Waals surface area contributed by atoms with E-state index < -0.39 is 18.0 Å². The van der Waals surface area contributed by atoms with Gasteiger partial charge in [0.05, 0.1) is 5.69 Å². The maximum atomic E-state index is 12.0. The molecule has 2 N–H and O–H groups in total. The first-order valence-electron chi connectivity index (χ1n) is 6.93. The van der Waals surface area contributed by atoms with Gasteiger partial charge in [0, 0.05) is 12.5 Å². The summed E-state index contributed by atoms with van der Waals surface area (Å²) >= 11 is 1.31. The highest BCUT2D eigenvalue weighted by Gasteiger charge is 2.19. The van der Waals surface area contributed by atoms with E-state index in [0.29, 0.717) is 10.8 Å². The molecular formula is C15H14N4O3S. The van der Waals surface area contributed by atoms with Gasteiger partial charge in [0.1, 0.15) is 4.70 Å². The fourth-order valence-corrected chi connectivity index (χ4v) is 3.00. The van der Waals surface area contributed by atoms with Crippen molar-refractivity contribution in [3.05, 3.63) is 30.3 Å². The summed E-state index contributed by atoms with van der Waals surface area (Å²) in [4.78, 5) is 27.1. The highest BCUT2D eigenvalue weighted by molar-refractivity contribution is 7.22. The van der Waals surface area contributed by atoms with Crippen molar-refractivity contribution in [2.24, 2.45) is 0 Å². The van der Waals surface area contributed by atoms with Gasteiger partial charge in [0.25, 0.3) is 5.91 Å². The number of carbonyl (C=O) groups is 2. The van der Waals surface area contributed by atoms with Crippen LogP contribution >= 0.6 is 11.3 Å². The minimum Gasteiger partial charge on any atom is -0.453 e. The Morgan fingerprint density at radius 1 is 1.30 bits per heavy atom. The molecule has 0 bridgehead atoms. The van der Waals surface area contributed by atoms with Crippen molar-refractivity contribution in [3.63, 3.8) is 0 Å². The number of nitrogens with zero attached hydrogens (tertiary/aromatic N) is 2. The van der Waals surface area contributed by atoms with Crippen molar-refractivity contribution in [1.29, 1.82) is 0 Å². The van der Waals surface area contributed by atoms with Gasteiger partial charge in [-0.05, 0) is 6.92 Å². The van der Waals surface area contributed by atoms with E-state index >= 15 is 0 Å². The molecule has 3 rings (SSSR count). The zero-order valence-electron chi connectivity index (χ0n) is 12.5. The Hall–Kier alpha value is -2.74. The Balaban J connectivity index is 1.83. The lowest BCUT2D eigenvalue weighted by Gasteiger charge is -2.10. The van der Waals surface area contributed by atoms with Crippen LogP contribution in [-0.4, -0.2) is 33.2 Å². The molecule has 0 saturated carbocycles. The molecule has 0 aliphatic rings. The summed E-state index contributed by atoms with van der Waals surface area (Å²) in [5.41, 5.74) is 2.38. The van der Waals surface area contributed by atoms with Crippen LogP contribution in [0.25, 0.3) is 21.6 Å². The van der Waals surface area contributed by atoms with Crippen LogP contribution in [0.15, 0.2) is 30.3 Å². The predicted octanol–water partition coefficient (Wildman–Crippen LogP) is 2.58. The number of hydrogen-bond donors (Lipinski definition) is 2. The van der Waals surface area contributed by atoms with Crippen LogP contribution in [0.4, 0.5) is 5.13 Å². The van der Waals surface area contributed by atoms with Crippen LogP contribution in [-0.2, 0) is 14.3 Å². The molecule has 2 heterocycles. The third-order valence-electron chi connectivity index (χ3n) is 3.11. The number of rotatable bonds is 4. The summed E-state index contributed by atoms with van der Waals surface area (Å²) in [6.45, 7) is 2.76. The number of H-pyrrole nitrogens is 1. The van der Waals surface area contributed by atoms with E-state index in [1.807, 2.05) is 30.3 Å². The molecule has 118 valence electrons. The minimum atomic E-state index is -0.876. The molecule has 1 amide bonds. The topological polar surface area (TPSA) is 97.0 Å². The smallest absolute Gasteiger partial charge is 0.303 e. The first-order chi connectivity index (χ1) is 11.0. The summed E-state index contributed by atoms with van der Waals surface area (Å²) in [6.07, 6.45) is -0.876. The fraction of sp³-hybridized carbons (Fsp3) is 0.200. The maximum Gasteiger partial charge on any atom is 0.303 e. The zero-order valence-corrected chi connectivity index (χ0v) is 13.3. The largest absolute Gasteiger partial charge is 0.453 e. The number of hydrogen-bond acceptors (Lipinski definition) is 6. The van der Waals surface area contributed by atoms with Crippen LogP contribution in [0.1, 0.15) is 13.8 Å². The molecule has 0 radical (unpaired) electrons. The van der Waals surface area contributed by atoms with E-state index in [4.69, 9.17) is 4.74 Å². The predicted molar refractivity (Wildman–Crippen MR) is 87.1 cm³/mol. The van der Waals surface area contributed by atoms with E-state index in [9.17, 15) is 9.59 Å². The van der Waals surface area contributed by atoms with Gasteiger partial charge in [-0.2, -0.15) is 10.1 Å². The molecule has 0 unspecified atom stereocenters. The Morgan fingerprint density at radius 2 is 2.04 bits per heavy atom. The first-order valence-corrected chi connectivity index (χ1v) is 7.74. The molecular weight excluding hydrogens is 316 g/mol. The van der Waals surface area contributed by atoms with Crippen LogP contribution in [0.2, 0.25) is 0 Å². The van der Waals surface area contributed by atoms with Crippen LogP contribution < -0.4 is 5.32 Å². The monoisotopic (exact) mass is 330 g/mol. The lowest BCUT2D eigenvalue weighted by atomic mass is 10.2. The molecule has 1 aromatic carbocycles. The van der Waals surface area contributed by atoms with Crippen molar-refractivity contribution in [2.75, 3.05) is 5.32 Å². The van der Waals surface area contributed by atoms with Gasteiger partial charge in [-0.25, -0.2) is 0 Å². The van der Waals surface area contributed by atoms with Crippen molar-refractivity contribution in [3.8, 4) is 11.3 Å². The number of amides is 1. The molecule has 0 fully saturated rings. The van der Waals surface area contributed by atoms with Crippen molar-refractivity contribution >= 4 is 38.7 Å². The Morgan fingerprint density at radius 3 is 2.74 bits per heavy atom. The first kappa shape index (κ1) is 15.2. The standard InChI is InChI=1S/C15H14N4O3S/c1-8(22-9(2)20)14(21)17-15-16-13-12(23-15)11(18-19-13)10-6-4-3-5-7-10/h3-8H,1-2H3,(H2,16,17,18,19,21)/t8-/m1/s1. The van der Waals surface area contributed by atoms with Gasteiger partial charge >= 0.3 is 5.97 Å². The van der Waals surface area contributed by atoms with Gasteiger partial charge in [-0.15, -0.1) is 0 Å². The summed E-state index contributed by atoms with van der Waals surface area (Å²) in [5.74, 6) is -0.935.